The first-order valence-corrected chi connectivity index (χ1v) is 3.95. The van der Waals surface area contributed by atoms with E-state index in [2.05, 4.69) is 12.6 Å². The quantitative estimate of drug-likeness (QED) is 0.395. The van der Waals surface area contributed by atoms with Gasteiger partial charge in [-0.05, 0) is 23.9 Å². The Kier molecular flexibility index (Phi) is 2.67. The summed E-state index contributed by atoms with van der Waals surface area (Å²) in [5.41, 5.74) is 0. The number of nitrogens with zero attached hydrogens (tertiary/aromatic N) is 1. The molecule has 0 amide bonds. The molecule has 0 saturated heterocycles. The van der Waals surface area contributed by atoms with E-state index in [1.807, 2.05) is 29.7 Å². The number of hydrogen-bond acceptors (Lipinski definition) is 3. The minimum absolute atomic E-state index is 0.856. The Morgan fingerprint density at radius 2 is 2.10 bits per heavy atom. The van der Waals surface area contributed by atoms with E-state index >= 15 is 0 Å². The first-order chi connectivity index (χ1) is 4.84. The highest BCUT2D eigenvalue weighted by Gasteiger charge is 1.94. The lowest BCUT2D eigenvalue weighted by atomic mass is 10.4. The van der Waals surface area contributed by atoms with Crippen molar-refractivity contribution < 1.29 is 0 Å². The van der Waals surface area contributed by atoms with Crippen LogP contribution in [0.5, 0.6) is 0 Å². The van der Waals surface area contributed by atoms with Crippen LogP contribution in [0.4, 0.5) is 0 Å². The number of benzene rings is 1. The summed E-state index contributed by atoms with van der Waals surface area (Å²) in [6.07, 6.45) is 0. The molecular formula is C7H5NS2. The lowest BCUT2D eigenvalue weighted by molar-refractivity contribution is 1.27. The zero-order valence-electron chi connectivity index (χ0n) is 5.11. The number of nitriles is 1. The van der Waals surface area contributed by atoms with Crippen molar-refractivity contribution >= 4 is 24.4 Å². The topological polar surface area (TPSA) is 23.8 Å². The standard InChI is InChI=1S/C7H5NS2/c8-5-10-7-4-2-1-3-6(7)9/h1-4,9H. The summed E-state index contributed by atoms with van der Waals surface area (Å²) in [5.74, 6) is 0. The lowest BCUT2D eigenvalue weighted by Gasteiger charge is -1.95. The van der Waals surface area contributed by atoms with Crippen molar-refractivity contribution in [2.45, 2.75) is 9.79 Å². The second-order valence-corrected chi connectivity index (χ2v) is 2.97. The Balaban J connectivity index is 2.94. The number of thiocyanates is 1. The van der Waals surface area contributed by atoms with Gasteiger partial charge in [-0.15, -0.1) is 12.6 Å². The molecule has 0 bridgehead atoms. The van der Waals surface area contributed by atoms with Gasteiger partial charge in [-0.3, -0.25) is 0 Å². The van der Waals surface area contributed by atoms with Crippen molar-refractivity contribution in [1.29, 1.82) is 5.26 Å². The van der Waals surface area contributed by atoms with Crippen molar-refractivity contribution in [3.05, 3.63) is 24.3 Å². The van der Waals surface area contributed by atoms with Gasteiger partial charge < -0.3 is 0 Å². The number of rotatable bonds is 1. The van der Waals surface area contributed by atoms with Crippen LogP contribution < -0.4 is 0 Å². The Bertz CT molecular complexity index is 265. The molecule has 1 rings (SSSR count). The molecule has 0 aliphatic carbocycles. The average Bonchev–Trinajstić information content (AvgIpc) is 1.94. The SMILES string of the molecule is N#CSc1ccccc1S. The van der Waals surface area contributed by atoms with Crippen LogP contribution in [0.15, 0.2) is 34.1 Å². The summed E-state index contributed by atoms with van der Waals surface area (Å²) >= 11 is 5.29. The van der Waals surface area contributed by atoms with E-state index in [1.165, 1.54) is 0 Å². The van der Waals surface area contributed by atoms with Crippen molar-refractivity contribution in [2.75, 3.05) is 0 Å². The van der Waals surface area contributed by atoms with Crippen LogP contribution in [0.25, 0.3) is 0 Å². The second kappa shape index (κ2) is 3.55. The fraction of sp³-hybridized carbons (Fsp3) is 0. The molecule has 10 heavy (non-hydrogen) atoms. The Morgan fingerprint density at radius 3 is 2.70 bits per heavy atom. The molecule has 1 nitrogen and oxygen atoms in total. The van der Waals surface area contributed by atoms with Crippen LogP contribution in [-0.2, 0) is 0 Å². The van der Waals surface area contributed by atoms with E-state index in [0.29, 0.717) is 0 Å². The average molecular weight is 167 g/mol. The van der Waals surface area contributed by atoms with Gasteiger partial charge in [-0.2, -0.15) is 5.26 Å². The van der Waals surface area contributed by atoms with Gasteiger partial charge in [0.2, 0.25) is 0 Å². The molecule has 0 aliphatic rings. The smallest absolute Gasteiger partial charge is 0.138 e. The van der Waals surface area contributed by atoms with Crippen LogP contribution in [-0.4, -0.2) is 0 Å². The van der Waals surface area contributed by atoms with E-state index in [9.17, 15) is 0 Å². The maximum atomic E-state index is 8.32. The maximum Gasteiger partial charge on any atom is 0.138 e. The molecule has 0 heterocycles. The summed E-state index contributed by atoms with van der Waals surface area (Å²) < 4.78 is 0. The number of thiol groups is 1. The summed E-state index contributed by atoms with van der Waals surface area (Å²) in [6, 6.07) is 7.52. The van der Waals surface area contributed by atoms with E-state index in [1.54, 1.807) is 0 Å². The molecule has 0 unspecified atom stereocenters. The summed E-state index contributed by atoms with van der Waals surface area (Å²) in [6.45, 7) is 0. The minimum Gasteiger partial charge on any atom is -0.185 e. The van der Waals surface area contributed by atoms with Crippen LogP contribution in [0.1, 0.15) is 0 Å². The summed E-state index contributed by atoms with van der Waals surface area (Å²) in [7, 11) is 0. The Labute approximate surface area is 69.5 Å². The fourth-order valence-corrected chi connectivity index (χ4v) is 1.31. The molecule has 0 atom stereocenters. The van der Waals surface area contributed by atoms with Gasteiger partial charge >= 0.3 is 0 Å². The third kappa shape index (κ3) is 1.69. The molecule has 3 heteroatoms. The molecule has 0 N–H and O–H groups in total. The van der Waals surface area contributed by atoms with Gasteiger partial charge in [0.25, 0.3) is 0 Å². The molecule has 0 aromatic heterocycles. The highest BCUT2D eigenvalue weighted by molar-refractivity contribution is 8.04. The van der Waals surface area contributed by atoms with E-state index in [4.69, 9.17) is 5.26 Å². The molecule has 50 valence electrons. The minimum atomic E-state index is 0.856. The summed E-state index contributed by atoms with van der Waals surface area (Å²) in [4.78, 5) is 1.77. The Morgan fingerprint density at radius 1 is 1.40 bits per heavy atom. The first-order valence-electron chi connectivity index (χ1n) is 2.68. The second-order valence-electron chi connectivity index (χ2n) is 1.66. The predicted molar refractivity (Wildman–Crippen MR) is 45.2 cm³/mol. The summed E-state index contributed by atoms with van der Waals surface area (Å²) in [5, 5.41) is 10.3. The van der Waals surface area contributed by atoms with Gasteiger partial charge in [-0.1, -0.05) is 12.1 Å². The number of thioether (sulfide) groups is 1. The van der Waals surface area contributed by atoms with Gasteiger partial charge in [-0.25, -0.2) is 0 Å². The molecule has 1 aromatic carbocycles. The zero-order valence-corrected chi connectivity index (χ0v) is 6.82. The predicted octanol–water partition coefficient (Wildman–Crippen LogP) is 2.55. The van der Waals surface area contributed by atoms with Crippen molar-refractivity contribution in [3.8, 4) is 5.40 Å². The maximum absolute atomic E-state index is 8.32. The van der Waals surface area contributed by atoms with Gasteiger partial charge in [0.15, 0.2) is 0 Å². The van der Waals surface area contributed by atoms with Crippen molar-refractivity contribution in [3.63, 3.8) is 0 Å². The van der Waals surface area contributed by atoms with Gasteiger partial charge in [0.1, 0.15) is 5.40 Å². The lowest BCUT2D eigenvalue weighted by Crippen LogP contribution is -1.69. The molecular weight excluding hydrogens is 162 g/mol. The molecule has 0 saturated carbocycles. The van der Waals surface area contributed by atoms with Gasteiger partial charge in [0.05, 0.1) is 0 Å². The third-order valence-corrected chi connectivity index (χ3v) is 2.23. The molecule has 1 aromatic rings. The normalized spacial score (nSPS) is 8.80. The molecule has 0 fully saturated rings. The van der Waals surface area contributed by atoms with Crippen molar-refractivity contribution in [2.24, 2.45) is 0 Å². The molecule has 0 spiro atoms. The zero-order chi connectivity index (χ0) is 7.40. The highest BCUT2D eigenvalue weighted by Crippen LogP contribution is 2.23. The molecule has 0 aliphatic heterocycles. The van der Waals surface area contributed by atoms with Crippen LogP contribution in [0.3, 0.4) is 0 Å². The van der Waals surface area contributed by atoms with Crippen LogP contribution >= 0.6 is 24.4 Å². The number of hydrogen-bond donors (Lipinski definition) is 1. The first kappa shape index (κ1) is 7.52. The van der Waals surface area contributed by atoms with Crippen LogP contribution in [0, 0.1) is 10.7 Å². The third-order valence-electron chi connectivity index (χ3n) is 1.02. The monoisotopic (exact) mass is 167 g/mol. The fourth-order valence-electron chi connectivity index (χ4n) is 0.593. The van der Waals surface area contributed by atoms with Gasteiger partial charge in [0, 0.05) is 9.79 Å². The van der Waals surface area contributed by atoms with Crippen LogP contribution in [0.2, 0.25) is 0 Å². The van der Waals surface area contributed by atoms with E-state index in [0.717, 1.165) is 21.6 Å². The van der Waals surface area contributed by atoms with E-state index in [-0.39, 0.29) is 0 Å². The van der Waals surface area contributed by atoms with E-state index < -0.39 is 0 Å². The highest BCUT2D eigenvalue weighted by atomic mass is 32.2. The largest absolute Gasteiger partial charge is 0.185 e. The molecule has 0 radical (unpaired) electrons. The Hall–Kier alpha value is -0.590. The van der Waals surface area contributed by atoms with Crippen molar-refractivity contribution in [1.82, 2.24) is 0 Å².